The fourth-order valence-electron chi connectivity index (χ4n) is 1.25. The second-order valence-corrected chi connectivity index (χ2v) is 3.19. The molecule has 0 aliphatic carbocycles. The van der Waals surface area contributed by atoms with E-state index in [9.17, 15) is 4.79 Å². The van der Waals surface area contributed by atoms with Crippen molar-refractivity contribution in [2.24, 2.45) is 0 Å². The van der Waals surface area contributed by atoms with Crippen molar-refractivity contribution in [2.75, 3.05) is 7.05 Å². The van der Waals surface area contributed by atoms with Gasteiger partial charge >= 0.3 is 0 Å². The molecule has 0 aliphatic heterocycles. The molecule has 75 valence electrons. The van der Waals surface area contributed by atoms with Gasteiger partial charge in [-0.05, 0) is 24.8 Å². The first-order valence-electron chi connectivity index (χ1n) is 4.89. The van der Waals surface area contributed by atoms with Gasteiger partial charge in [-0.3, -0.25) is 4.79 Å². The van der Waals surface area contributed by atoms with Crippen LogP contribution in [0.4, 0.5) is 0 Å². The molecule has 0 unspecified atom stereocenters. The standard InChI is InChI=1S/C12H16NO/c1-13-12(14)10-6-5-9-11-7-3-2-4-8-11/h2-4,6-8H,5,9-10H2,1H3,(H,13,14). The van der Waals surface area contributed by atoms with Crippen LogP contribution in [0.3, 0.4) is 0 Å². The van der Waals surface area contributed by atoms with E-state index in [1.165, 1.54) is 5.56 Å². The molecule has 0 saturated heterocycles. The van der Waals surface area contributed by atoms with Crippen molar-refractivity contribution in [1.29, 1.82) is 0 Å². The molecule has 1 rings (SSSR count). The number of hydrogen-bond donors (Lipinski definition) is 1. The van der Waals surface area contributed by atoms with Crippen molar-refractivity contribution in [3.8, 4) is 0 Å². The van der Waals surface area contributed by atoms with Gasteiger partial charge in [-0.25, -0.2) is 0 Å². The monoisotopic (exact) mass is 190 g/mol. The summed E-state index contributed by atoms with van der Waals surface area (Å²) in [6.45, 7) is 0. The average Bonchev–Trinajstić information content (AvgIpc) is 2.25. The van der Waals surface area contributed by atoms with Gasteiger partial charge in [0.15, 0.2) is 0 Å². The highest BCUT2D eigenvalue weighted by Crippen LogP contribution is 2.04. The number of nitrogens with one attached hydrogen (secondary N) is 1. The third kappa shape index (κ3) is 4.08. The number of benzene rings is 1. The molecule has 0 spiro atoms. The Bertz CT molecular complexity index is 269. The predicted octanol–water partition coefficient (Wildman–Crippen LogP) is 1.96. The second-order valence-electron chi connectivity index (χ2n) is 3.19. The van der Waals surface area contributed by atoms with Crippen molar-refractivity contribution in [3.05, 3.63) is 42.3 Å². The summed E-state index contributed by atoms with van der Waals surface area (Å²) in [5, 5.41) is 2.59. The SMILES string of the molecule is CNC(=O)C[CH]CCc1ccccc1. The number of rotatable bonds is 5. The van der Waals surface area contributed by atoms with Crippen molar-refractivity contribution in [3.63, 3.8) is 0 Å². The molecule has 0 heterocycles. The molecule has 1 N–H and O–H groups in total. The minimum atomic E-state index is 0.0815. The third-order valence-electron chi connectivity index (χ3n) is 2.09. The maximum absolute atomic E-state index is 10.9. The third-order valence-corrected chi connectivity index (χ3v) is 2.09. The Morgan fingerprint density at radius 3 is 2.71 bits per heavy atom. The van der Waals surface area contributed by atoms with Crippen LogP contribution in [0.5, 0.6) is 0 Å². The summed E-state index contributed by atoms with van der Waals surface area (Å²) in [5.74, 6) is 0.0815. The van der Waals surface area contributed by atoms with Gasteiger partial charge in [0.1, 0.15) is 0 Å². The molecular formula is C12H16NO. The molecule has 1 radical (unpaired) electrons. The topological polar surface area (TPSA) is 29.1 Å². The Hall–Kier alpha value is -1.31. The summed E-state index contributed by atoms with van der Waals surface area (Å²) >= 11 is 0. The van der Waals surface area contributed by atoms with Crippen LogP contribution in [-0.2, 0) is 11.2 Å². The molecule has 1 amide bonds. The Morgan fingerprint density at radius 1 is 1.36 bits per heavy atom. The lowest BCUT2D eigenvalue weighted by molar-refractivity contribution is -0.120. The number of unbranched alkanes of at least 4 members (excludes halogenated alkanes) is 1. The fourth-order valence-corrected chi connectivity index (χ4v) is 1.25. The molecule has 0 aliphatic rings. The van der Waals surface area contributed by atoms with Gasteiger partial charge in [0.2, 0.25) is 5.91 Å². The van der Waals surface area contributed by atoms with Crippen LogP contribution in [0.2, 0.25) is 0 Å². The first kappa shape index (κ1) is 10.8. The van der Waals surface area contributed by atoms with E-state index in [-0.39, 0.29) is 5.91 Å². The molecule has 2 heteroatoms. The zero-order chi connectivity index (χ0) is 10.2. The molecule has 0 saturated carbocycles. The van der Waals surface area contributed by atoms with Gasteiger partial charge in [-0.1, -0.05) is 30.3 Å². The maximum Gasteiger partial charge on any atom is 0.220 e. The average molecular weight is 190 g/mol. The summed E-state index contributed by atoms with van der Waals surface area (Å²) in [6, 6.07) is 10.3. The molecule has 1 aromatic carbocycles. The van der Waals surface area contributed by atoms with Gasteiger partial charge in [0, 0.05) is 13.5 Å². The molecule has 0 fully saturated rings. The first-order valence-corrected chi connectivity index (χ1v) is 4.89. The normalized spacial score (nSPS) is 9.79. The Kier molecular flexibility index (Phi) is 4.76. The minimum Gasteiger partial charge on any atom is -0.359 e. The van der Waals surface area contributed by atoms with Gasteiger partial charge in [0.25, 0.3) is 0 Å². The van der Waals surface area contributed by atoms with E-state index in [0.29, 0.717) is 6.42 Å². The molecular weight excluding hydrogens is 174 g/mol. The zero-order valence-electron chi connectivity index (χ0n) is 8.49. The number of carbonyl (C=O) groups excluding carboxylic acids is 1. The molecule has 1 aromatic rings. The number of hydrogen-bond acceptors (Lipinski definition) is 1. The van der Waals surface area contributed by atoms with Crippen molar-refractivity contribution in [1.82, 2.24) is 5.32 Å². The van der Waals surface area contributed by atoms with Crippen molar-refractivity contribution >= 4 is 5.91 Å². The van der Waals surface area contributed by atoms with E-state index in [2.05, 4.69) is 17.4 Å². The molecule has 2 nitrogen and oxygen atoms in total. The number of carbonyl (C=O) groups is 1. The second kappa shape index (κ2) is 6.19. The van der Waals surface area contributed by atoms with E-state index >= 15 is 0 Å². The first-order chi connectivity index (χ1) is 6.83. The van der Waals surface area contributed by atoms with Crippen LogP contribution in [0, 0.1) is 6.42 Å². The summed E-state index contributed by atoms with van der Waals surface area (Å²) in [6.07, 6.45) is 4.50. The van der Waals surface area contributed by atoms with E-state index in [1.807, 2.05) is 24.6 Å². The van der Waals surface area contributed by atoms with Gasteiger partial charge < -0.3 is 5.32 Å². The van der Waals surface area contributed by atoms with Gasteiger partial charge in [-0.2, -0.15) is 0 Å². The summed E-state index contributed by atoms with van der Waals surface area (Å²) in [4.78, 5) is 10.9. The molecule has 0 atom stereocenters. The molecule has 14 heavy (non-hydrogen) atoms. The highest BCUT2D eigenvalue weighted by Gasteiger charge is 1.97. The lowest BCUT2D eigenvalue weighted by Gasteiger charge is -2.00. The van der Waals surface area contributed by atoms with Crippen LogP contribution in [-0.4, -0.2) is 13.0 Å². The van der Waals surface area contributed by atoms with E-state index < -0.39 is 0 Å². The molecule has 0 bridgehead atoms. The lowest BCUT2D eigenvalue weighted by Crippen LogP contribution is -2.17. The van der Waals surface area contributed by atoms with Crippen LogP contribution >= 0.6 is 0 Å². The fraction of sp³-hybridized carbons (Fsp3) is 0.333. The van der Waals surface area contributed by atoms with Gasteiger partial charge in [-0.15, -0.1) is 0 Å². The summed E-state index contributed by atoms with van der Waals surface area (Å²) in [7, 11) is 1.66. The minimum absolute atomic E-state index is 0.0815. The highest BCUT2D eigenvalue weighted by molar-refractivity contribution is 5.76. The summed E-state index contributed by atoms with van der Waals surface area (Å²) in [5.41, 5.74) is 1.32. The van der Waals surface area contributed by atoms with Crippen LogP contribution in [0.1, 0.15) is 18.4 Å². The maximum atomic E-state index is 10.9. The van der Waals surface area contributed by atoms with Gasteiger partial charge in [0.05, 0.1) is 0 Å². The van der Waals surface area contributed by atoms with Crippen molar-refractivity contribution in [2.45, 2.75) is 19.3 Å². The summed E-state index contributed by atoms with van der Waals surface area (Å²) < 4.78 is 0. The van der Waals surface area contributed by atoms with Crippen LogP contribution in [0.15, 0.2) is 30.3 Å². The smallest absolute Gasteiger partial charge is 0.220 e. The predicted molar refractivity (Wildman–Crippen MR) is 57.7 cm³/mol. The van der Waals surface area contributed by atoms with E-state index in [1.54, 1.807) is 7.05 Å². The largest absolute Gasteiger partial charge is 0.359 e. The Balaban J connectivity index is 2.13. The van der Waals surface area contributed by atoms with E-state index in [4.69, 9.17) is 0 Å². The zero-order valence-corrected chi connectivity index (χ0v) is 8.49. The lowest BCUT2D eigenvalue weighted by atomic mass is 10.1. The number of amides is 1. The Morgan fingerprint density at radius 2 is 2.07 bits per heavy atom. The Labute approximate surface area is 85.3 Å². The number of aryl methyl sites for hydroxylation is 1. The highest BCUT2D eigenvalue weighted by atomic mass is 16.1. The quantitative estimate of drug-likeness (QED) is 0.706. The van der Waals surface area contributed by atoms with E-state index in [0.717, 1.165) is 12.8 Å². The molecule has 0 aromatic heterocycles. The van der Waals surface area contributed by atoms with Crippen LogP contribution < -0.4 is 5.32 Å². The van der Waals surface area contributed by atoms with Crippen LogP contribution in [0.25, 0.3) is 0 Å². The van der Waals surface area contributed by atoms with Crippen molar-refractivity contribution < 1.29 is 4.79 Å².